The van der Waals surface area contributed by atoms with Crippen LogP contribution >= 0.6 is 0 Å². The van der Waals surface area contributed by atoms with Crippen molar-refractivity contribution in [3.8, 4) is 5.75 Å². The normalized spacial score (nSPS) is 31.6. The van der Waals surface area contributed by atoms with E-state index in [-0.39, 0.29) is 18.3 Å². The van der Waals surface area contributed by atoms with Crippen LogP contribution in [-0.4, -0.2) is 22.8 Å². The van der Waals surface area contributed by atoms with Crippen LogP contribution in [0.2, 0.25) is 0 Å². The number of carboxylic acids is 1. The molecule has 144 valence electrons. The van der Waals surface area contributed by atoms with E-state index >= 15 is 0 Å². The zero-order valence-corrected chi connectivity index (χ0v) is 15.7. The number of hydrogen-bond donors (Lipinski definition) is 1. The average Bonchev–Trinajstić information content (AvgIpc) is 2.94. The van der Waals surface area contributed by atoms with Crippen molar-refractivity contribution in [3.63, 3.8) is 0 Å². The molecule has 2 fully saturated rings. The number of ketones is 1. The number of fused-ring (bicyclic) bond motifs is 5. The Morgan fingerprint density at radius 3 is 2.78 bits per heavy atom. The number of aryl methyl sites for hydroxylation is 1. The Kier molecular flexibility index (Phi) is 4.57. The summed E-state index contributed by atoms with van der Waals surface area (Å²) in [6.45, 7) is 2.18. The summed E-state index contributed by atoms with van der Waals surface area (Å²) < 4.78 is 5.32. The van der Waals surface area contributed by atoms with Crippen molar-refractivity contribution in [2.45, 2.75) is 64.2 Å². The lowest BCUT2D eigenvalue weighted by Gasteiger charge is -2.48. The van der Waals surface area contributed by atoms with E-state index in [0.717, 1.165) is 38.5 Å². The van der Waals surface area contributed by atoms with E-state index in [1.54, 1.807) is 0 Å². The molecule has 0 radical (unpaired) electrons. The van der Waals surface area contributed by atoms with Crippen LogP contribution in [0.1, 0.15) is 68.9 Å². The van der Waals surface area contributed by atoms with Crippen molar-refractivity contribution in [3.05, 3.63) is 29.3 Å². The van der Waals surface area contributed by atoms with Crippen molar-refractivity contribution < 1.29 is 24.2 Å². The highest BCUT2D eigenvalue weighted by Gasteiger charge is 2.54. The van der Waals surface area contributed by atoms with Gasteiger partial charge in [0, 0.05) is 11.8 Å². The zero-order valence-electron chi connectivity index (χ0n) is 15.7. The molecular formula is C22H26O5. The summed E-state index contributed by atoms with van der Waals surface area (Å²) in [5, 5.41) is 8.67. The van der Waals surface area contributed by atoms with Crippen LogP contribution in [0.4, 0.5) is 0 Å². The van der Waals surface area contributed by atoms with Gasteiger partial charge in [-0.3, -0.25) is 14.4 Å². The number of benzene rings is 1. The van der Waals surface area contributed by atoms with Gasteiger partial charge >= 0.3 is 11.9 Å². The molecule has 0 spiro atoms. The molecule has 0 saturated heterocycles. The zero-order chi connectivity index (χ0) is 19.2. The molecule has 27 heavy (non-hydrogen) atoms. The third-order valence-electron chi connectivity index (χ3n) is 7.18. The molecule has 4 atom stereocenters. The highest BCUT2D eigenvalue weighted by atomic mass is 16.5. The number of rotatable bonds is 4. The van der Waals surface area contributed by atoms with Gasteiger partial charge in [-0.05, 0) is 73.1 Å². The van der Waals surface area contributed by atoms with Gasteiger partial charge < -0.3 is 9.84 Å². The molecule has 5 nitrogen and oxygen atoms in total. The summed E-state index contributed by atoms with van der Waals surface area (Å²) in [5.74, 6) is 1.02. The van der Waals surface area contributed by atoms with E-state index in [1.165, 1.54) is 11.1 Å². The van der Waals surface area contributed by atoms with Crippen LogP contribution in [0, 0.1) is 17.3 Å². The van der Waals surface area contributed by atoms with E-state index in [0.29, 0.717) is 29.3 Å². The molecule has 0 unspecified atom stereocenters. The summed E-state index contributed by atoms with van der Waals surface area (Å²) in [4.78, 5) is 34.8. The molecule has 0 aliphatic heterocycles. The molecule has 2 saturated carbocycles. The summed E-state index contributed by atoms with van der Waals surface area (Å²) in [5.41, 5.74) is 2.46. The fourth-order valence-electron chi connectivity index (χ4n) is 5.78. The van der Waals surface area contributed by atoms with Crippen LogP contribution in [0.25, 0.3) is 0 Å². The van der Waals surface area contributed by atoms with E-state index in [9.17, 15) is 14.4 Å². The number of ether oxygens (including phenoxy) is 1. The molecule has 4 rings (SSSR count). The Hall–Kier alpha value is -2.17. The van der Waals surface area contributed by atoms with Crippen LogP contribution in [0.5, 0.6) is 5.75 Å². The van der Waals surface area contributed by atoms with Crippen LogP contribution in [0.15, 0.2) is 18.2 Å². The molecule has 3 aliphatic carbocycles. The molecule has 0 amide bonds. The first-order chi connectivity index (χ1) is 12.9. The molecule has 0 heterocycles. The van der Waals surface area contributed by atoms with E-state index < -0.39 is 11.9 Å². The molecule has 0 bridgehead atoms. The second-order valence-electron chi connectivity index (χ2n) is 8.56. The lowest BCUT2D eigenvalue weighted by atomic mass is 9.55. The molecule has 1 aromatic rings. The molecule has 5 heteroatoms. The third-order valence-corrected chi connectivity index (χ3v) is 7.18. The topological polar surface area (TPSA) is 80.7 Å². The number of esters is 1. The number of hydrogen-bond acceptors (Lipinski definition) is 4. The van der Waals surface area contributed by atoms with Crippen molar-refractivity contribution in [1.29, 1.82) is 0 Å². The van der Waals surface area contributed by atoms with Gasteiger partial charge in [0.15, 0.2) is 0 Å². The Morgan fingerprint density at radius 1 is 1.19 bits per heavy atom. The highest BCUT2D eigenvalue weighted by Crippen LogP contribution is 2.59. The van der Waals surface area contributed by atoms with Crippen molar-refractivity contribution in [2.24, 2.45) is 17.3 Å². The second kappa shape index (κ2) is 6.77. The number of carboxylic acid groups (broad SMARTS) is 1. The fourth-order valence-corrected chi connectivity index (χ4v) is 5.78. The van der Waals surface area contributed by atoms with Gasteiger partial charge in [0.25, 0.3) is 0 Å². The number of aliphatic carboxylic acids is 1. The van der Waals surface area contributed by atoms with Gasteiger partial charge in [-0.1, -0.05) is 13.0 Å². The first-order valence-corrected chi connectivity index (χ1v) is 9.97. The minimum atomic E-state index is -1.00. The first-order valence-electron chi connectivity index (χ1n) is 9.97. The van der Waals surface area contributed by atoms with Gasteiger partial charge in [-0.15, -0.1) is 0 Å². The third kappa shape index (κ3) is 3.17. The Labute approximate surface area is 159 Å². The first kappa shape index (κ1) is 18.2. The van der Waals surface area contributed by atoms with E-state index in [1.807, 2.05) is 12.1 Å². The summed E-state index contributed by atoms with van der Waals surface area (Å²) in [7, 11) is 0. The van der Waals surface area contributed by atoms with Crippen molar-refractivity contribution in [1.82, 2.24) is 0 Å². The Morgan fingerprint density at radius 2 is 2.00 bits per heavy atom. The van der Waals surface area contributed by atoms with Crippen molar-refractivity contribution in [2.75, 3.05) is 0 Å². The van der Waals surface area contributed by atoms with Crippen LogP contribution in [0.3, 0.4) is 0 Å². The minimum absolute atomic E-state index is 0.113. The predicted molar refractivity (Wildman–Crippen MR) is 98.6 cm³/mol. The van der Waals surface area contributed by atoms with Crippen LogP contribution < -0.4 is 4.74 Å². The van der Waals surface area contributed by atoms with Gasteiger partial charge in [-0.2, -0.15) is 0 Å². The molecule has 3 aliphatic rings. The van der Waals surface area contributed by atoms with Gasteiger partial charge in [-0.25, -0.2) is 0 Å². The monoisotopic (exact) mass is 370 g/mol. The molecule has 1 N–H and O–H groups in total. The van der Waals surface area contributed by atoms with Gasteiger partial charge in [0.05, 0.1) is 12.8 Å². The van der Waals surface area contributed by atoms with E-state index in [4.69, 9.17) is 9.84 Å². The van der Waals surface area contributed by atoms with Crippen LogP contribution in [-0.2, 0) is 20.8 Å². The van der Waals surface area contributed by atoms with Crippen molar-refractivity contribution >= 4 is 17.7 Å². The Bertz CT molecular complexity index is 798. The van der Waals surface area contributed by atoms with E-state index in [2.05, 4.69) is 13.0 Å². The quantitative estimate of drug-likeness (QED) is 0.642. The SMILES string of the molecule is C[C@@]12CC[C@H]3c4ccc(OC(=O)CCC(=O)O)cc4CC[C@H]3[C@@H]1CCC2=O. The smallest absolute Gasteiger partial charge is 0.311 e. The Balaban J connectivity index is 1.50. The summed E-state index contributed by atoms with van der Waals surface area (Å²) in [6, 6.07) is 5.84. The lowest BCUT2D eigenvalue weighted by molar-refractivity contribution is -0.142. The lowest BCUT2D eigenvalue weighted by Crippen LogP contribution is -2.42. The molecule has 0 aromatic heterocycles. The maximum Gasteiger partial charge on any atom is 0.311 e. The minimum Gasteiger partial charge on any atom is -0.481 e. The number of carbonyl (C=O) groups is 3. The molecular weight excluding hydrogens is 344 g/mol. The maximum absolute atomic E-state index is 12.4. The largest absolute Gasteiger partial charge is 0.481 e. The maximum atomic E-state index is 12.4. The summed E-state index contributed by atoms with van der Waals surface area (Å²) >= 11 is 0. The van der Waals surface area contributed by atoms with Gasteiger partial charge in [0.2, 0.25) is 0 Å². The highest BCUT2D eigenvalue weighted by molar-refractivity contribution is 5.87. The molecule has 1 aromatic carbocycles. The van der Waals surface area contributed by atoms with Gasteiger partial charge in [0.1, 0.15) is 11.5 Å². The summed E-state index contributed by atoms with van der Waals surface area (Å²) in [6.07, 6.45) is 5.49. The average molecular weight is 370 g/mol. The second-order valence-corrected chi connectivity index (χ2v) is 8.56. The number of Topliss-reactive ketones (excluding diaryl/α,β-unsaturated/α-hetero) is 1. The fraction of sp³-hybridized carbons (Fsp3) is 0.591. The number of carbonyl (C=O) groups excluding carboxylic acids is 2. The standard InChI is InChI=1S/C22H26O5/c1-22-11-10-16-15-5-3-14(27-21(26)9-8-20(24)25)12-13(15)2-4-17(16)18(22)6-7-19(22)23/h3,5,12,16-18H,2,4,6-11H2,1H3,(H,24,25)/t16-,17+,18-,22+/m0/s1. The predicted octanol–water partition coefficient (Wildman–Crippen LogP) is 3.88.